The van der Waals surface area contributed by atoms with Gasteiger partial charge in [-0.15, -0.1) is 0 Å². The molecule has 0 aliphatic carbocycles. The Morgan fingerprint density at radius 3 is 2.61 bits per heavy atom. The summed E-state index contributed by atoms with van der Waals surface area (Å²) in [6.07, 6.45) is 1.72. The summed E-state index contributed by atoms with van der Waals surface area (Å²) in [6.45, 7) is 4.67. The molecule has 1 N–H and O–H groups in total. The van der Waals surface area contributed by atoms with E-state index >= 15 is 0 Å². The highest BCUT2D eigenvalue weighted by atomic mass is 16.6. The Kier molecular flexibility index (Phi) is 5.09. The van der Waals surface area contributed by atoms with Gasteiger partial charge in [0.1, 0.15) is 5.54 Å². The van der Waals surface area contributed by atoms with Crippen LogP contribution in [0.1, 0.15) is 51.4 Å². The number of Topliss-reactive ketones (excluding diaryl/α,β-unsaturated/α-hetero) is 1. The van der Waals surface area contributed by atoms with E-state index in [1.807, 2.05) is 50.2 Å². The summed E-state index contributed by atoms with van der Waals surface area (Å²) in [7, 11) is 0. The molecule has 3 aromatic rings. The van der Waals surface area contributed by atoms with Gasteiger partial charge in [-0.05, 0) is 44.4 Å². The van der Waals surface area contributed by atoms with E-state index in [1.54, 1.807) is 24.3 Å². The maximum atomic E-state index is 14.4. The molecule has 0 bridgehead atoms. The number of carbonyl (C=O) groups is 2. The normalized spacial score (nSPS) is 26.6. The molecule has 3 aliphatic rings. The lowest BCUT2D eigenvalue weighted by atomic mass is 9.68. The van der Waals surface area contributed by atoms with Crippen molar-refractivity contribution < 1.29 is 14.5 Å². The van der Waals surface area contributed by atoms with Crippen molar-refractivity contribution in [3.8, 4) is 0 Å². The van der Waals surface area contributed by atoms with Crippen molar-refractivity contribution in [1.82, 2.24) is 4.90 Å². The van der Waals surface area contributed by atoms with Crippen LogP contribution in [-0.2, 0) is 10.3 Å². The first kappa shape index (κ1) is 22.6. The Bertz CT molecular complexity index is 1420. The molecule has 3 unspecified atom stereocenters. The number of amides is 1. The van der Waals surface area contributed by atoms with Crippen LogP contribution in [0.4, 0.5) is 11.4 Å². The second-order valence-electron chi connectivity index (χ2n) is 10.2. The number of ketones is 1. The number of aryl methyl sites for hydroxylation is 2. The number of nitrogens with one attached hydrogen (secondary N) is 1. The number of nitro benzene ring substituents is 1. The summed E-state index contributed by atoms with van der Waals surface area (Å²) >= 11 is 0. The van der Waals surface area contributed by atoms with Crippen molar-refractivity contribution in [2.45, 2.75) is 44.2 Å². The number of fused-ring (bicyclic) bond motifs is 4. The third-order valence-corrected chi connectivity index (χ3v) is 8.26. The second-order valence-corrected chi connectivity index (χ2v) is 10.2. The molecule has 4 atom stereocenters. The molecule has 2 saturated heterocycles. The Balaban J connectivity index is 1.64. The average molecular weight is 482 g/mol. The van der Waals surface area contributed by atoms with Crippen LogP contribution >= 0.6 is 0 Å². The molecule has 182 valence electrons. The number of anilines is 1. The minimum Gasteiger partial charge on any atom is -0.324 e. The number of hydrogen-bond donors (Lipinski definition) is 1. The highest BCUT2D eigenvalue weighted by molar-refractivity contribution is 6.13. The highest BCUT2D eigenvalue weighted by Crippen LogP contribution is 2.61. The van der Waals surface area contributed by atoms with Gasteiger partial charge in [0.05, 0.1) is 10.8 Å². The molecule has 6 rings (SSSR count). The van der Waals surface area contributed by atoms with Crippen molar-refractivity contribution in [2.24, 2.45) is 5.92 Å². The Morgan fingerprint density at radius 2 is 1.86 bits per heavy atom. The van der Waals surface area contributed by atoms with E-state index in [-0.39, 0.29) is 29.3 Å². The predicted octanol–water partition coefficient (Wildman–Crippen LogP) is 5.12. The largest absolute Gasteiger partial charge is 0.324 e. The molecule has 7 nitrogen and oxygen atoms in total. The summed E-state index contributed by atoms with van der Waals surface area (Å²) in [5, 5.41) is 14.8. The van der Waals surface area contributed by atoms with E-state index in [9.17, 15) is 19.7 Å². The van der Waals surface area contributed by atoms with Gasteiger partial charge in [0.15, 0.2) is 5.78 Å². The molecule has 3 heterocycles. The van der Waals surface area contributed by atoms with Gasteiger partial charge < -0.3 is 5.32 Å². The van der Waals surface area contributed by atoms with Crippen LogP contribution in [0, 0.1) is 29.9 Å². The first-order valence-corrected chi connectivity index (χ1v) is 12.4. The number of benzene rings is 3. The Labute approximate surface area is 209 Å². The smallest absolute Gasteiger partial charge is 0.269 e. The zero-order chi connectivity index (χ0) is 25.2. The summed E-state index contributed by atoms with van der Waals surface area (Å²) in [4.78, 5) is 42.0. The van der Waals surface area contributed by atoms with Crippen LogP contribution < -0.4 is 5.32 Å². The number of rotatable bonds is 4. The minimum absolute atomic E-state index is 0.00753. The number of nitrogens with zero attached hydrogens (tertiary/aromatic N) is 2. The lowest BCUT2D eigenvalue weighted by molar-refractivity contribution is -0.384. The Morgan fingerprint density at radius 1 is 1.08 bits per heavy atom. The SMILES string of the molecule is Cc1cc(C)c2c(c1)[C@]1(C(=O)N2)C(C(=O)c2ccccc2)C(c2cccc([N+](=O)[O-])c2)C2CCCN21. The fourth-order valence-corrected chi connectivity index (χ4v) is 7.02. The fraction of sp³-hybridized carbons (Fsp3) is 0.310. The molecule has 2 fully saturated rings. The van der Waals surface area contributed by atoms with Crippen LogP contribution in [0.15, 0.2) is 66.7 Å². The van der Waals surface area contributed by atoms with Crippen LogP contribution in [0.25, 0.3) is 0 Å². The van der Waals surface area contributed by atoms with Crippen molar-refractivity contribution in [3.63, 3.8) is 0 Å². The van der Waals surface area contributed by atoms with Crippen molar-refractivity contribution in [3.05, 3.63) is 105 Å². The van der Waals surface area contributed by atoms with E-state index in [2.05, 4.69) is 10.2 Å². The second kappa shape index (κ2) is 8.10. The standard InChI is InChI=1S/C29H27N3O4/c1-17-14-18(2)26-22(15-17)29(28(34)30-26)25(27(33)19-8-4-3-5-9-19)24(23-12-7-13-31(23)29)20-10-6-11-21(16-20)32(35)36/h3-6,8-11,14-16,23-25H,7,12-13H2,1-2H3,(H,30,34)/t23?,24?,25?,29-/m1/s1. The molecule has 36 heavy (non-hydrogen) atoms. The number of non-ortho nitro benzene ring substituents is 1. The fourth-order valence-electron chi connectivity index (χ4n) is 7.02. The molecule has 0 saturated carbocycles. The van der Waals surface area contributed by atoms with E-state index in [0.717, 1.165) is 40.8 Å². The van der Waals surface area contributed by atoms with Gasteiger partial charge >= 0.3 is 0 Å². The maximum Gasteiger partial charge on any atom is 0.269 e. The van der Waals surface area contributed by atoms with E-state index in [1.165, 1.54) is 6.07 Å². The molecule has 1 spiro atoms. The first-order valence-electron chi connectivity index (χ1n) is 12.4. The van der Waals surface area contributed by atoms with Gasteiger partial charge in [-0.1, -0.05) is 60.2 Å². The van der Waals surface area contributed by atoms with Crippen molar-refractivity contribution in [2.75, 3.05) is 11.9 Å². The number of hydrogen-bond acceptors (Lipinski definition) is 5. The zero-order valence-electron chi connectivity index (χ0n) is 20.2. The highest BCUT2D eigenvalue weighted by Gasteiger charge is 2.69. The van der Waals surface area contributed by atoms with Gasteiger partial charge in [0.25, 0.3) is 5.69 Å². The van der Waals surface area contributed by atoms with E-state index in [0.29, 0.717) is 12.1 Å². The molecule has 0 aromatic heterocycles. The lowest BCUT2D eigenvalue weighted by Gasteiger charge is -2.37. The quantitative estimate of drug-likeness (QED) is 0.317. The third kappa shape index (κ3) is 3.02. The van der Waals surface area contributed by atoms with Crippen molar-refractivity contribution in [1.29, 1.82) is 0 Å². The molecule has 1 amide bonds. The van der Waals surface area contributed by atoms with Gasteiger partial charge in [-0.3, -0.25) is 24.6 Å². The van der Waals surface area contributed by atoms with Crippen molar-refractivity contribution >= 4 is 23.1 Å². The summed E-state index contributed by atoms with van der Waals surface area (Å²) in [5.41, 5.74) is 3.73. The molecule has 3 aromatic carbocycles. The summed E-state index contributed by atoms with van der Waals surface area (Å²) in [6, 6.07) is 19.7. The summed E-state index contributed by atoms with van der Waals surface area (Å²) in [5.74, 6) is -1.38. The predicted molar refractivity (Wildman–Crippen MR) is 136 cm³/mol. The summed E-state index contributed by atoms with van der Waals surface area (Å²) < 4.78 is 0. The van der Waals surface area contributed by atoms with Gasteiger partial charge in [0, 0.05) is 40.9 Å². The topological polar surface area (TPSA) is 92.5 Å². The zero-order valence-corrected chi connectivity index (χ0v) is 20.2. The maximum absolute atomic E-state index is 14.4. The van der Waals surface area contributed by atoms with Gasteiger partial charge in [0.2, 0.25) is 5.91 Å². The van der Waals surface area contributed by atoms with Crippen LogP contribution in [0.2, 0.25) is 0 Å². The minimum atomic E-state index is -1.17. The van der Waals surface area contributed by atoms with Gasteiger partial charge in [-0.25, -0.2) is 0 Å². The average Bonchev–Trinajstić information content (AvgIpc) is 3.53. The van der Waals surface area contributed by atoms with E-state index < -0.39 is 16.4 Å². The van der Waals surface area contributed by atoms with Crippen LogP contribution in [-0.4, -0.2) is 34.1 Å². The van der Waals surface area contributed by atoms with Crippen LogP contribution in [0.5, 0.6) is 0 Å². The molecule has 0 radical (unpaired) electrons. The number of nitro groups is 1. The van der Waals surface area contributed by atoms with Crippen LogP contribution in [0.3, 0.4) is 0 Å². The molecular formula is C29H27N3O4. The first-order chi connectivity index (χ1) is 17.3. The van der Waals surface area contributed by atoms with E-state index in [4.69, 9.17) is 0 Å². The third-order valence-electron chi connectivity index (χ3n) is 8.26. The molecule has 7 heteroatoms. The molecule has 3 aliphatic heterocycles. The monoisotopic (exact) mass is 481 g/mol. The lowest BCUT2D eigenvalue weighted by Crippen LogP contribution is -2.52. The Hall–Kier alpha value is -3.84. The van der Waals surface area contributed by atoms with Gasteiger partial charge in [-0.2, -0.15) is 0 Å². The number of carbonyl (C=O) groups excluding carboxylic acids is 2. The molecular weight excluding hydrogens is 454 g/mol.